The van der Waals surface area contributed by atoms with Crippen molar-refractivity contribution in [2.75, 3.05) is 6.61 Å². The molecular weight excluding hydrogens is 508 g/mol. The number of aromatic amines is 1. The Kier molecular flexibility index (Phi) is 6.51. The molecule has 35 heavy (non-hydrogen) atoms. The van der Waals surface area contributed by atoms with Gasteiger partial charge in [-0.1, -0.05) is 18.5 Å². The number of nitrogens with zero attached hydrogens (tertiary/aromatic N) is 1. The molecule has 1 aliphatic heterocycles. The van der Waals surface area contributed by atoms with E-state index in [4.69, 9.17) is 20.8 Å². The summed E-state index contributed by atoms with van der Waals surface area (Å²) in [6.45, 7) is 4.38. The number of nitrogens with one attached hydrogen (secondary N) is 2. The van der Waals surface area contributed by atoms with Crippen LogP contribution in [0.5, 0.6) is 5.75 Å². The number of rotatable bonds is 6. The van der Waals surface area contributed by atoms with E-state index >= 15 is 0 Å². The molecule has 2 aromatic carbocycles. The first-order valence-corrected chi connectivity index (χ1v) is 12.4. The monoisotopic (exact) mass is 529 g/mol. The molecular formula is C22H22ClF2N3O6S. The largest absolute Gasteiger partial charge is 0.492 e. The van der Waals surface area contributed by atoms with Crippen molar-refractivity contribution in [2.45, 2.75) is 49.6 Å². The summed E-state index contributed by atoms with van der Waals surface area (Å²) in [7, 11) is -4.52. The summed E-state index contributed by atoms with van der Waals surface area (Å²) in [5.74, 6) is -4.08. The van der Waals surface area contributed by atoms with Crippen LogP contribution in [0, 0.1) is 18.6 Å². The molecule has 0 bridgehead atoms. The topological polar surface area (TPSA) is 135 Å². The Morgan fingerprint density at radius 1 is 1.26 bits per heavy atom. The van der Waals surface area contributed by atoms with Gasteiger partial charge in [-0.2, -0.15) is 4.72 Å². The fourth-order valence-electron chi connectivity index (χ4n) is 4.24. The Labute approximate surface area is 204 Å². The molecule has 4 rings (SSSR count). The summed E-state index contributed by atoms with van der Waals surface area (Å²) in [6.07, 6.45) is 0.0548. The van der Waals surface area contributed by atoms with Gasteiger partial charge < -0.3 is 14.3 Å². The van der Waals surface area contributed by atoms with Gasteiger partial charge in [0.1, 0.15) is 28.3 Å². The van der Waals surface area contributed by atoms with Gasteiger partial charge in [-0.3, -0.25) is 0 Å². The number of H-pyrrole nitrogens is 1. The zero-order valence-corrected chi connectivity index (χ0v) is 20.4. The quantitative estimate of drug-likeness (QED) is 0.445. The highest BCUT2D eigenvalue weighted by Crippen LogP contribution is 2.43. The summed E-state index contributed by atoms with van der Waals surface area (Å²) in [5.41, 5.74) is -1.51. The second-order valence-electron chi connectivity index (χ2n) is 8.53. The van der Waals surface area contributed by atoms with Crippen LogP contribution in [0.3, 0.4) is 0 Å². The minimum Gasteiger partial charge on any atom is -0.492 e. The van der Waals surface area contributed by atoms with Crippen LogP contribution >= 0.6 is 11.6 Å². The van der Waals surface area contributed by atoms with Crippen molar-refractivity contribution in [3.63, 3.8) is 0 Å². The van der Waals surface area contributed by atoms with Gasteiger partial charge in [-0.25, -0.2) is 27.1 Å². The van der Waals surface area contributed by atoms with Crippen molar-refractivity contribution in [1.82, 2.24) is 14.9 Å². The standard InChI is InChI=1S/C22H22ClF2N3O6S/c1-10-12(23)4-5-13(24)16(10)11(2)18(20-26-27-21(29)34-20)28-35(31,32)15-7-6-14(25)17-19(15)33-9-8-22(17,3)30/h4-7,11,18,28,30H,8-9H2,1-3H3,(H,27,29). The minimum atomic E-state index is -4.52. The Hall–Kier alpha value is -2.80. The average Bonchev–Trinajstić information content (AvgIpc) is 3.20. The molecule has 1 aromatic heterocycles. The molecule has 0 aliphatic carbocycles. The third-order valence-corrected chi connectivity index (χ3v) is 7.96. The van der Waals surface area contributed by atoms with Gasteiger partial charge in [0.05, 0.1) is 17.8 Å². The zero-order valence-electron chi connectivity index (χ0n) is 18.9. The maximum absolute atomic E-state index is 14.8. The number of hydrogen-bond acceptors (Lipinski definition) is 7. The number of fused-ring (bicyclic) bond motifs is 1. The van der Waals surface area contributed by atoms with Crippen LogP contribution in [0.4, 0.5) is 8.78 Å². The number of aromatic nitrogens is 2. The Morgan fingerprint density at radius 3 is 2.60 bits per heavy atom. The highest BCUT2D eigenvalue weighted by molar-refractivity contribution is 7.89. The van der Waals surface area contributed by atoms with E-state index in [0.29, 0.717) is 5.56 Å². The number of hydrogen-bond donors (Lipinski definition) is 3. The lowest BCUT2D eigenvalue weighted by Crippen LogP contribution is -2.35. The molecule has 9 nitrogen and oxygen atoms in total. The van der Waals surface area contributed by atoms with E-state index in [-0.39, 0.29) is 40.8 Å². The van der Waals surface area contributed by atoms with Crippen LogP contribution in [-0.2, 0) is 15.6 Å². The molecule has 0 saturated heterocycles. The maximum Gasteiger partial charge on any atom is 0.434 e. The lowest BCUT2D eigenvalue weighted by molar-refractivity contribution is 0.00964. The number of halogens is 3. The van der Waals surface area contributed by atoms with Crippen molar-refractivity contribution in [1.29, 1.82) is 0 Å². The third kappa shape index (κ3) is 4.58. The summed E-state index contributed by atoms with van der Waals surface area (Å²) in [6, 6.07) is 3.02. The van der Waals surface area contributed by atoms with E-state index in [1.54, 1.807) is 6.92 Å². The summed E-state index contributed by atoms with van der Waals surface area (Å²) in [5, 5.41) is 16.7. The van der Waals surface area contributed by atoms with Crippen LogP contribution in [0.2, 0.25) is 5.02 Å². The van der Waals surface area contributed by atoms with E-state index in [9.17, 15) is 27.1 Å². The first-order chi connectivity index (χ1) is 16.3. The predicted octanol–water partition coefficient (Wildman–Crippen LogP) is 3.42. The lowest BCUT2D eigenvalue weighted by atomic mass is 9.90. The normalized spacial score (nSPS) is 19.6. The van der Waals surface area contributed by atoms with Crippen LogP contribution < -0.4 is 15.2 Å². The SMILES string of the molecule is Cc1c(Cl)ccc(F)c1C(C)C(NS(=O)(=O)c1ccc(F)c2c1OCCC2(C)O)c1n[nH]c(=O)o1. The first-order valence-electron chi connectivity index (χ1n) is 10.5. The number of benzene rings is 2. The lowest BCUT2D eigenvalue weighted by Gasteiger charge is -2.32. The maximum atomic E-state index is 14.8. The van der Waals surface area contributed by atoms with Gasteiger partial charge in [0.2, 0.25) is 15.9 Å². The Bertz CT molecular complexity index is 1450. The Morgan fingerprint density at radius 2 is 1.94 bits per heavy atom. The molecule has 1 aliphatic rings. The van der Waals surface area contributed by atoms with Gasteiger partial charge in [-0.15, -0.1) is 5.10 Å². The van der Waals surface area contributed by atoms with Crippen LogP contribution in [0.15, 0.2) is 38.4 Å². The van der Waals surface area contributed by atoms with E-state index in [1.807, 2.05) is 0 Å². The summed E-state index contributed by atoms with van der Waals surface area (Å²) >= 11 is 6.16. The van der Waals surface area contributed by atoms with Crippen molar-refractivity contribution in [3.05, 3.63) is 74.1 Å². The average molecular weight is 530 g/mol. The summed E-state index contributed by atoms with van der Waals surface area (Å²) in [4.78, 5) is 11.2. The molecule has 2 heterocycles. The minimum absolute atomic E-state index is 0.0486. The molecule has 188 valence electrons. The van der Waals surface area contributed by atoms with Crippen molar-refractivity contribution in [2.24, 2.45) is 0 Å². The molecule has 0 saturated carbocycles. The van der Waals surface area contributed by atoms with Crippen molar-refractivity contribution >= 4 is 21.6 Å². The second-order valence-corrected chi connectivity index (χ2v) is 10.6. The van der Waals surface area contributed by atoms with Gasteiger partial charge in [0.25, 0.3) is 0 Å². The van der Waals surface area contributed by atoms with Crippen LogP contribution in [0.25, 0.3) is 0 Å². The van der Waals surface area contributed by atoms with Gasteiger partial charge in [0.15, 0.2) is 0 Å². The molecule has 0 radical (unpaired) electrons. The van der Waals surface area contributed by atoms with E-state index in [0.717, 1.165) is 18.2 Å². The smallest absolute Gasteiger partial charge is 0.434 e. The van der Waals surface area contributed by atoms with Crippen LogP contribution in [-0.4, -0.2) is 30.3 Å². The molecule has 0 fully saturated rings. The molecule has 13 heteroatoms. The van der Waals surface area contributed by atoms with Gasteiger partial charge in [0, 0.05) is 17.4 Å². The number of aliphatic hydroxyl groups is 1. The molecule has 0 spiro atoms. The highest BCUT2D eigenvalue weighted by atomic mass is 35.5. The fourth-order valence-corrected chi connectivity index (χ4v) is 5.82. The molecule has 3 unspecified atom stereocenters. The highest BCUT2D eigenvalue weighted by Gasteiger charge is 2.40. The molecule has 3 N–H and O–H groups in total. The van der Waals surface area contributed by atoms with E-state index in [2.05, 4.69) is 14.9 Å². The van der Waals surface area contributed by atoms with Crippen molar-refractivity contribution in [3.8, 4) is 5.75 Å². The van der Waals surface area contributed by atoms with Crippen LogP contribution in [0.1, 0.15) is 54.8 Å². The first kappa shape index (κ1) is 25.3. The molecule has 0 amide bonds. The molecule has 3 aromatic rings. The number of ether oxygens (including phenoxy) is 1. The van der Waals surface area contributed by atoms with Crippen molar-refractivity contribution < 1.29 is 31.5 Å². The third-order valence-electron chi connectivity index (χ3n) is 6.09. The zero-order chi connectivity index (χ0) is 25.7. The number of sulfonamides is 1. The fraction of sp³-hybridized carbons (Fsp3) is 0.364. The Balaban J connectivity index is 1.84. The van der Waals surface area contributed by atoms with Gasteiger partial charge >= 0.3 is 5.76 Å². The van der Waals surface area contributed by atoms with Gasteiger partial charge in [-0.05, 0) is 49.2 Å². The molecule has 3 atom stereocenters. The summed E-state index contributed by atoms with van der Waals surface area (Å²) < 4.78 is 69.3. The second kappa shape index (κ2) is 9.01. The van der Waals surface area contributed by atoms with E-state index < -0.39 is 49.9 Å². The predicted molar refractivity (Wildman–Crippen MR) is 121 cm³/mol. The van der Waals surface area contributed by atoms with E-state index in [1.165, 1.54) is 19.9 Å².